The predicted molar refractivity (Wildman–Crippen MR) is 230 cm³/mol. The van der Waals surface area contributed by atoms with Gasteiger partial charge in [-0.3, -0.25) is 0 Å². The summed E-state index contributed by atoms with van der Waals surface area (Å²) in [6.07, 6.45) is 0. The smallest absolute Gasteiger partial charge is 0.101 e. The van der Waals surface area contributed by atoms with Gasteiger partial charge in [0.25, 0.3) is 0 Å². The minimum atomic E-state index is 0.539. The van der Waals surface area contributed by atoms with Gasteiger partial charge in [-0.05, 0) is 118 Å². The van der Waals surface area contributed by atoms with Crippen molar-refractivity contribution in [2.24, 2.45) is 0 Å². The molecule has 0 spiro atoms. The van der Waals surface area contributed by atoms with Crippen LogP contribution in [0.2, 0.25) is 0 Å². The quantitative estimate of drug-likeness (QED) is 0.175. The molecule has 0 fully saturated rings. The van der Waals surface area contributed by atoms with Crippen molar-refractivity contribution in [3.05, 3.63) is 192 Å². The number of aromatic nitrogens is 2. The van der Waals surface area contributed by atoms with Gasteiger partial charge in [-0.1, -0.05) is 84.9 Å². The molecular formula is C52H28N6. The van der Waals surface area contributed by atoms with E-state index in [1.807, 2.05) is 97.1 Å². The van der Waals surface area contributed by atoms with Gasteiger partial charge in [0.05, 0.1) is 67.8 Å². The van der Waals surface area contributed by atoms with Crippen LogP contribution in [0.3, 0.4) is 0 Å². The minimum absolute atomic E-state index is 0.539. The molecular weight excluding hydrogens is 709 g/mol. The van der Waals surface area contributed by atoms with Crippen LogP contribution in [0.15, 0.2) is 170 Å². The van der Waals surface area contributed by atoms with Crippen molar-refractivity contribution in [3.8, 4) is 69.0 Å². The molecule has 0 unspecified atom stereocenters. The van der Waals surface area contributed by atoms with Gasteiger partial charge in [0, 0.05) is 21.5 Å². The van der Waals surface area contributed by atoms with Crippen molar-refractivity contribution in [3.63, 3.8) is 0 Å². The largest absolute Gasteiger partial charge is 0.308 e. The van der Waals surface area contributed by atoms with E-state index in [0.29, 0.717) is 22.3 Å². The predicted octanol–water partition coefficient (Wildman–Crippen LogP) is 12.4. The summed E-state index contributed by atoms with van der Waals surface area (Å²) in [5.41, 5.74) is 13.7. The minimum Gasteiger partial charge on any atom is -0.308 e. The first-order valence-corrected chi connectivity index (χ1v) is 18.7. The van der Waals surface area contributed by atoms with E-state index < -0.39 is 0 Å². The first kappa shape index (κ1) is 33.9. The van der Waals surface area contributed by atoms with Gasteiger partial charge in [0.1, 0.15) is 12.1 Å². The zero-order valence-corrected chi connectivity index (χ0v) is 30.8. The van der Waals surface area contributed by atoms with Crippen LogP contribution in [0, 0.1) is 45.3 Å². The zero-order chi connectivity index (χ0) is 39.3. The third-order valence-corrected chi connectivity index (χ3v) is 11.1. The van der Waals surface area contributed by atoms with E-state index in [9.17, 15) is 21.0 Å². The van der Waals surface area contributed by atoms with Crippen molar-refractivity contribution in [2.75, 3.05) is 0 Å². The molecule has 0 saturated heterocycles. The highest BCUT2D eigenvalue weighted by atomic mass is 15.0. The molecule has 58 heavy (non-hydrogen) atoms. The average Bonchev–Trinajstić information content (AvgIpc) is 3.80. The lowest BCUT2D eigenvalue weighted by molar-refractivity contribution is 1.16. The van der Waals surface area contributed by atoms with Gasteiger partial charge >= 0.3 is 0 Å². The molecule has 10 aromatic rings. The van der Waals surface area contributed by atoms with E-state index in [1.165, 1.54) is 0 Å². The Morgan fingerprint density at radius 1 is 0.293 bits per heavy atom. The molecule has 0 atom stereocenters. The molecule has 0 aliphatic rings. The summed E-state index contributed by atoms with van der Waals surface area (Å²) in [7, 11) is 0. The summed E-state index contributed by atoms with van der Waals surface area (Å²) < 4.78 is 4.33. The van der Waals surface area contributed by atoms with Crippen LogP contribution in [0.1, 0.15) is 22.3 Å². The number of hydrogen-bond donors (Lipinski definition) is 0. The highest BCUT2D eigenvalue weighted by molar-refractivity contribution is 6.12. The Hall–Kier alpha value is -8.68. The first-order chi connectivity index (χ1) is 28.6. The Bertz CT molecular complexity index is 3250. The number of rotatable bonds is 5. The number of nitrogens with zero attached hydrogens (tertiary/aromatic N) is 6. The lowest BCUT2D eigenvalue weighted by Gasteiger charge is -2.15. The van der Waals surface area contributed by atoms with Crippen LogP contribution < -0.4 is 0 Å². The maximum Gasteiger partial charge on any atom is 0.101 e. The second-order valence-electron chi connectivity index (χ2n) is 14.2. The lowest BCUT2D eigenvalue weighted by atomic mass is 9.99. The van der Waals surface area contributed by atoms with E-state index in [2.05, 4.69) is 106 Å². The van der Waals surface area contributed by atoms with Crippen LogP contribution in [-0.2, 0) is 0 Å². The molecule has 0 aliphatic heterocycles. The van der Waals surface area contributed by atoms with Gasteiger partial charge in [0.15, 0.2) is 0 Å². The maximum absolute atomic E-state index is 10.5. The summed E-state index contributed by atoms with van der Waals surface area (Å²) in [6, 6.07) is 65.5. The summed E-state index contributed by atoms with van der Waals surface area (Å²) in [4.78, 5) is 0. The molecule has 0 N–H and O–H groups in total. The van der Waals surface area contributed by atoms with Crippen molar-refractivity contribution in [1.82, 2.24) is 9.13 Å². The molecule has 0 radical (unpaired) electrons. The first-order valence-electron chi connectivity index (χ1n) is 18.7. The van der Waals surface area contributed by atoms with Gasteiger partial charge in [-0.15, -0.1) is 0 Å². The Labute approximate surface area is 333 Å². The Balaban J connectivity index is 1.13. The Kier molecular flexibility index (Phi) is 7.92. The monoisotopic (exact) mass is 736 g/mol. The summed E-state index contributed by atoms with van der Waals surface area (Å²) in [5, 5.41) is 43.8. The highest BCUT2D eigenvalue weighted by Gasteiger charge is 2.19. The van der Waals surface area contributed by atoms with Gasteiger partial charge < -0.3 is 9.13 Å². The molecule has 6 heteroatoms. The normalized spacial score (nSPS) is 11.0. The molecule has 266 valence electrons. The van der Waals surface area contributed by atoms with E-state index in [1.54, 1.807) is 0 Å². The summed E-state index contributed by atoms with van der Waals surface area (Å²) >= 11 is 0. The molecule has 8 aromatic carbocycles. The Morgan fingerprint density at radius 3 is 1.03 bits per heavy atom. The highest BCUT2D eigenvalue weighted by Crippen LogP contribution is 2.39. The fourth-order valence-electron chi connectivity index (χ4n) is 8.28. The van der Waals surface area contributed by atoms with Gasteiger partial charge in [0.2, 0.25) is 0 Å². The van der Waals surface area contributed by atoms with Crippen LogP contribution in [0.4, 0.5) is 0 Å². The third-order valence-electron chi connectivity index (χ3n) is 11.1. The van der Waals surface area contributed by atoms with Gasteiger partial charge in [-0.25, -0.2) is 0 Å². The number of para-hydroxylation sites is 2. The number of hydrogen-bond acceptors (Lipinski definition) is 4. The molecule has 0 saturated carbocycles. The molecule has 0 aliphatic carbocycles. The summed E-state index contributed by atoms with van der Waals surface area (Å²) in [6.45, 7) is 0. The molecule has 0 amide bonds. The van der Waals surface area contributed by atoms with Gasteiger partial charge in [-0.2, -0.15) is 21.0 Å². The molecule has 2 heterocycles. The van der Waals surface area contributed by atoms with Crippen molar-refractivity contribution in [1.29, 1.82) is 21.0 Å². The van der Waals surface area contributed by atoms with Crippen LogP contribution in [0.5, 0.6) is 0 Å². The van der Waals surface area contributed by atoms with Crippen molar-refractivity contribution in [2.45, 2.75) is 0 Å². The molecule has 10 rings (SSSR count). The second kappa shape index (κ2) is 13.6. The number of fused-ring (bicyclic) bond motifs is 6. The van der Waals surface area contributed by atoms with E-state index in [0.717, 1.165) is 88.4 Å². The molecule has 2 aromatic heterocycles. The summed E-state index contributed by atoms with van der Waals surface area (Å²) in [5.74, 6) is 0. The fraction of sp³-hybridized carbons (Fsp3) is 0. The fourth-order valence-corrected chi connectivity index (χ4v) is 8.28. The topological polar surface area (TPSA) is 105 Å². The molecule has 6 nitrogen and oxygen atoms in total. The maximum atomic E-state index is 10.5. The molecule has 0 bridgehead atoms. The van der Waals surface area contributed by atoms with E-state index in [-0.39, 0.29) is 0 Å². The van der Waals surface area contributed by atoms with Crippen LogP contribution in [0.25, 0.3) is 88.4 Å². The average molecular weight is 737 g/mol. The van der Waals surface area contributed by atoms with Crippen LogP contribution >= 0.6 is 0 Å². The zero-order valence-electron chi connectivity index (χ0n) is 30.8. The van der Waals surface area contributed by atoms with Crippen LogP contribution in [-0.4, -0.2) is 9.13 Å². The Morgan fingerprint density at radius 2 is 0.638 bits per heavy atom. The van der Waals surface area contributed by atoms with Crippen molar-refractivity contribution < 1.29 is 0 Å². The van der Waals surface area contributed by atoms with E-state index >= 15 is 0 Å². The number of nitriles is 4. The van der Waals surface area contributed by atoms with E-state index in [4.69, 9.17) is 0 Å². The second-order valence-corrected chi connectivity index (χ2v) is 14.2. The third kappa shape index (κ3) is 5.38. The number of benzene rings is 8. The van der Waals surface area contributed by atoms with Crippen molar-refractivity contribution >= 4 is 43.6 Å². The SMILES string of the molecule is N#Cc1ccc(-c2ccc3c(c2)c2ccccc2n3-c2cc(-c3ccc(C#N)c(-n4c5ccccc5c5cc(-c6ccc(C#N)cc6)ccc54)c3)ccc2C#N)cc1. The standard InChI is InChI=1S/C52H28N6/c53-29-33-9-13-35(14-10-33)37-21-23-49-45(25-37)43-5-1-3-7-47(43)57(49)51-27-39(17-19-41(51)31-55)40-18-20-42(32-56)52(28-40)58-48-8-4-2-6-44(48)46-26-38(22-24-50(46)58)36-15-11-34(30-54)12-16-36/h1-28H. The lowest BCUT2D eigenvalue weighted by Crippen LogP contribution is -2.00.